The predicted molar refractivity (Wildman–Crippen MR) is 109 cm³/mol. The maximum atomic E-state index is 13.2. The van der Waals surface area contributed by atoms with Gasteiger partial charge in [-0.25, -0.2) is 0 Å². The van der Waals surface area contributed by atoms with Gasteiger partial charge in [-0.1, -0.05) is 61.2 Å². The van der Waals surface area contributed by atoms with Crippen LogP contribution in [0.25, 0.3) is 6.08 Å². The second-order valence-corrected chi connectivity index (χ2v) is 8.15. The lowest BCUT2D eigenvalue weighted by atomic mass is 9.87. The average Bonchev–Trinajstić information content (AvgIpc) is 2.69. The van der Waals surface area contributed by atoms with Gasteiger partial charge >= 0.3 is 0 Å². The van der Waals surface area contributed by atoms with Crippen LogP contribution in [0.5, 0.6) is 0 Å². The van der Waals surface area contributed by atoms with Gasteiger partial charge in [0.05, 0.1) is 0 Å². The topological polar surface area (TPSA) is 32.3 Å². The Morgan fingerprint density at radius 1 is 1.08 bits per heavy atom. The molecule has 1 aromatic carbocycles. The summed E-state index contributed by atoms with van der Waals surface area (Å²) in [4.78, 5) is 15.4. The number of nitrogens with zero attached hydrogens (tertiary/aromatic N) is 1. The van der Waals surface area contributed by atoms with Crippen LogP contribution in [0.15, 0.2) is 35.9 Å². The molecule has 1 aliphatic heterocycles. The molecule has 1 saturated heterocycles. The van der Waals surface area contributed by atoms with E-state index in [0.717, 1.165) is 39.0 Å². The van der Waals surface area contributed by atoms with Crippen LogP contribution in [0.4, 0.5) is 0 Å². The lowest BCUT2D eigenvalue weighted by Gasteiger charge is -2.34. The molecule has 1 amide bonds. The number of amides is 1. The molecule has 142 valence electrons. The van der Waals surface area contributed by atoms with E-state index < -0.39 is 0 Å². The van der Waals surface area contributed by atoms with Crippen molar-refractivity contribution in [2.75, 3.05) is 26.2 Å². The van der Waals surface area contributed by atoms with E-state index in [4.69, 9.17) is 0 Å². The van der Waals surface area contributed by atoms with Crippen molar-refractivity contribution >= 4 is 12.0 Å². The first-order chi connectivity index (χ1) is 12.7. The molecule has 2 aliphatic rings. The third-order valence-corrected chi connectivity index (χ3v) is 5.86. The molecule has 3 heteroatoms. The van der Waals surface area contributed by atoms with Crippen molar-refractivity contribution in [1.82, 2.24) is 10.2 Å². The van der Waals surface area contributed by atoms with Crippen molar-refractivity contribution in [1.29, 1.82) is 0 Å². The Kier molecular flexibility index (Phi) is 7.31. The van der Waals surface area contributed by atoms with Crippen LogP contribution in [0, 0.1) is 11.8 Å². The SMILES string of the molecule is C/C(=C\c1ccccc1)CN(CC1CCNCC1)C(=O)C1CCCCC1. The molecule has 1 aliphatic carbocycles. The second kappa shape index (κ2) is 9.91. The number of nitrogens with one attached hydrogen (secondary N) is 1. The summed E-state index contributed by atoms with van der Waals surface area (Å²) in [6.45, 7) is 6.05. The van der Waals surface area contributed by atoms with Crippen LogP contribution in [0.3, 0.4) is 0 Å². The summed E-state index contributed by atoms with van der Waals surface area (Å²) < 4.78 is 0. The Balaban J connectivity index is 1.68. The molecule has 26 heavy (non-hydrogen) atoms. The van der Waals surface area contributed by atoms with Crippen LogP contribution in [-0.2, 0) is 4.79 Å². The largest absolute Gasteiger partial charge is 0.338 e. The molecule has 1 heterocycles. The van der Waals surface area contributed by atoms with E-state index in [1.54, 1.807) is 0 Å². The fraction of sp³-hybridized carbons (Fsp3) is 0.609. The summed E-state index contributed by atoms with van der Waals surface area (Å²) in [7, 11) is 0. The summed E-state index contributed by atoms with van der Waals surface area (Å²) in [5.41, 5.74) is 2.49. The predicted octanol–water partition coefficient (Wildman–Crippen LogP) is 4.50. The van der Waals surface area contributed by atoms with Crippen molar-refractivity contribution < 1.29 is 4.79 Å². The van der Waals surface area contributed by atoms with Crippen LogP contribution < -0.4 is 5.32 Å². The zero-order valence-electron chi connectivity index (χ0n) is 16.3. The molecule has 0 spiro atoms. The molecule has 1 saturated carbocycles. The van der Waals surface area contributed by atoms with Gasteiger partial charge in [0.2, 0.25) is 5.91 Å². The highest BCUT2D eigenvalue weighted by Gasteiger charge is 2.28. The molecule has 0 unspecified atom stereocenters. The van der Waals surface area contributed by atoms with Gasteiger partial charge in [0.1, 0.15) is 0 Å². The van der Waals surface area contributed by atoms with Crippen molar-refractivity contribution in [3.63, 3.8) is 0 Å². The molecule has 1 aromatic rings. The minimum atomic E-state index is 0.259. The summed E-state index contributed by atoms with van der Waals surface area (Å²) >= 11 is 0. The highest BCUT2D eigenvalue weighted by Crippen LogP contribution is 2.27. The zero-order chi connectivity index (χ0) is 18.2. The van der Waals surface area contributed by atoms with Gasteiger partial charge in [0, 0.05) is 19.0 Å². The maximum absolute atomic E-state index is 13.2. The van der Waals surface area contributed by atoms with Gasteiger partial charge in [-0.3, -0.25) is 4.79 Å². The van der Waals surface area contributed by atoms with Gasteiger partial charge < -0.3 is 10.2 Å². The molecule has 2 fully saturated rings. The van der Waals surface area contributed by atoms with Crippen molar-refractivity contribution in [3.05, 3.63) is 41.5 Å². The number of carbonyl (C=O) groups excluding carboxylic acids is 1. The number of piperidine rings is 1. The first-order valence-electron chi connectivity index (χ1n) is 10.4. The number of carbonyl (C=O) groups is 1. The van der Waals surface area contributed by atoms with E-state index in [-0.39, 0.29) is 5.92 Å². The van der Waals surface area contributed by atoms with Crippen molar-refractivity contribution in [2.45, 2.75) is 51.9 Å². The van der Waals surface area contributed by atoms with Gasteiger partial charge in [-0.2, -0.15) is 0 Å². The molecule has 3 nitrogen and oxygen atoms in total. The summed E-state index contributed by atoms with van der Waals surface area (Å²) in [6.07, 6.45) is 10.5. The summed E-state index contributed by atoms with van der Waals surface area (Å²) in [5.74, 6) is 1.31. The quantitative estimate of drug-likeness (QED) is 0.816. The lowest BCUT2D eigenvalue weighted by Crippen LogP contribution is -2.43. The van der Waals surface area contributed by atoms with Crippen LogP contribution in [0.1, 0.15) is 57.4 Å². The minimum Gasteiger partial charge on any atom is -0.338 e. The molecule has 3 rings (SSSR count). The fourth-order valence-electron chi connectivity index (χ4n) is 4.40. The van der Waals surface area contributed by atoms with E-state index in [9.17, 15) is 4.79 Å². The first kappa shape index (κ1) is 19.2. The fourth-order valence-corrected chi connectivity index (χ4v) is 4.40. The molecule has 0 aromatic heterocycles. The standard InChI is InChI=1S/C23H34N2O/c1-19(16-20-8-4-2-5-9-20)17-25(18-21-12-14-24-15-13-21)23(26)22-10-6-3-7-11-22/h2,4-5,8-9,16,21-22,24H,3,6-7,10-15,17-18H2,1H3/b19-16+. The Bertz CT molecular complexity index is 583. The molecular weight excluding hydrogens is 320 g/mol. The Hall–Kier alpha value is -1.61. The Morgan fingerprint density at radius 3 is 2.46 bits per heavy atom. The van der Waals surface area contributed by atoms with E-state index in [0.29, 0.717) is 11.8 Å². The zero-order valence-corrected chi connectivity index (χ0v) is 16.3. The molecule has 0 bridgehead atoms. The van der Waals surface area contributed by atoms with Gasteiger partial charge in [0.15, 0.2) is 0 Å². The van der Waals surface area contributed by atoms with Crippen LogP contribution >= 0.6 is 0 Å². The Morgan fingerprint density at radius 2 is 1.77 bits per heavy atom. The van der Waals surface area contributed by atoms with E-state index in [1.807, 2.05) is 6.07 Å². The number of benzene rings is 1. The second-order valence-electron chi connectivity index (χ2n) is 8.15. The van der Waals surface area contributed by atoms with E-state index in [2.05, 4.69) is 47.5 Å². The normalized spacial score (nSPS) is 20.1. The highest BCUT2D eigenvalue weighted by atomic mass is 16.2. The molecule has 1 N–H and O–H groups in total. The van der Waals surface area contributed by atoms with E-state index >= 15 is 0 Å². The monoisotopic (exact) mass is 354 g/mol. The summed E-state index contributed by atoms with van der Waals surface area (Å²) in [6, 6.07) is 10.4. The average molecular weight is 355 g/mol. The van der Waals surface area contributed by atoms with Gasteiger partial charge in [-0.15, -0.1) is 0 Å². The minimum absolute atomic E-state index is 0.259. The van der Waals surface area contributed by atoms with Gasteiger partial charge in [-0.05, 0) is 57.2 Å². The Labute approximate surface area is 158 Å². The number of hydrogen-bond donors (Lipinski definition) is 1. The number of rotatable bonds is 6. The van der Waals surface area contributed by atoms with E-state index in [1.165, 1.54) is 43.2 Å². The summed E-state index contributed by atoms with van der Waals surface area (Å²) in [5, 5.41) is 3.44. The van der Waals surface area contributed by atoms with Gasteiger partial charge in [0.25, 0.3) is 0 Å². The van der Waals surface area contributed by atoms with Crippen LogP contribution in [0.2, 0.25) is 0 Å². The lowest BCUT2D eigenvalue weighted by molar-refractivity contribution is -0.136. The smallest absolute Gasteiger partial charge is 0.225 e. The van der Waals surface area contributed by atoms with Crippen molar-refractivity contribution in [2.24, 2.45) is 11.8 Å². The molecule has 0 atom stereocenters. The molecule has 0 radical (unpaired) electrons. The third kappa shape index (κ3) is 5.70. The maximum Gasteiger partial charge on any atom is 0.225 e. The third-order valence-electron chi connectivity index (χ3n) is 5.86. The van der Waals surface area contributed by atoms with Crippen molar-refractivity contribution in [3.8, 4) is 0 Å². The highest BCUT2D eigenvalue weighted by molar-refractivity contribution is 5.79. The molecular formula is C23H34N2O. The first-order valence-corrected chi connectivity index (χ1v) is 10.4. The van der Waals surface area contributed by atoms with Crippen LogP contribution in [-0.4, -0.2) is 37.0 Å². The number of hydrogen-bond acceptors (Lipinski definition) is 2.